The number of rotatable bonds is 11. The minimum Gasteiger partial charge on any atom is -0.408 e. The van der Waals surface area contributed by atoms with Crippen LogP contribution in [0.25, 0.3) is 0 Å². The first kappa shape index (κ1) is 23.8. The Morgan fingerprint density at radius 1 is 0.920 bits per heavy atom. The van der Waals surface area contributed by atoms with Gasteiger partial charge in [-0.3, -0.25) is 0 Å². The highest BCUT2D eigenvalue weighted by molar-refractivity contribution is 4.96. The molecule has 0 aliphatic rings. The Kier molecular flexibility index (Phi) is 8.08. The van der Waals surface area contributed by atoms with Crippen LogP contribution < -0.4 is 0 Å². The van der Waals surface area contributed by atoms with Gasteiger partial charge in [-0.25, -0.2) is 9.13 Å². The first-order valence-corrected chi connectivity index (χ1v) is 6.92. The lowest BCUT2D eigenvalue weighted by atomic mass is 10.1. The van der Waals surface area contributed by atoms with Gasteiger partial charge < -0.3 is 9.47 Å². The lowest BCUT2D eigenvalue weighted by molar-refractivity contribution is -0.477. The SMILES string of the molecule is CCCCOC(F)(F)CC(OC(F)(F)OC(F)(F)C(C)(C)F)=C(F)F. The first-order chi connectivity index (χ1) is 11.0. The van der Waals surface area contributed by atoms with Gasteiger partial charge in [-0.05, 0) is 20.3 Å². The van der Waals surface area contributed by atoms with Crippen LogP contribution in [0.4, 0.5) is 39.5 Å². The number of halogens is 9. The standard InChI is InChI=1S/C13H17F9O3/c1-4-5-6-23-11(17,18)7-8(9(14)15)24-13(21,22)25-12(19,20)10(2,3)16/h4-7H2,1-3H3. The van der Waals surface area contributed by atoms with Gasteiger partial charge in [0.2, 0.25) is 0 Å². The van der Waals surface area contributed by atoms with Crippen LogP contribution in [0.1, 0.15) is 40.0 Å². The molecule has 12 heteroatoms. The van der Waals surface area contributed by atoms with E-state index in [1.165, 1.54) is 0 Å². The summed E-state index contributed by atoms with van der Waals surface area (Å²) < 4.78 is 127. The fourth-order valence-corrected chi connectivity index (χ4v) is 1.18. The van der Waals surface area contributed by atoms with E-state index in [1.807, 2.05) is 0 Å². The van der Waals surface area contributed by atoms with Crippen molar-refractivity contribution >= 4 is 0 Å². The predicted molar refractivity (Wildman–Crippen MR) is 66.9 cm³/mol. The van der Waals surface area contributed by atoms with Crippen LogP contribution in [-0.2, 0) is 14.2 Å². The second kappa shape index (κ2) is 8.47. The minimum absolute atomic E-state index is 0.130. The van der Waals surface area contributed by atoms with Crippen molar-refractivity contribution in [1.82, 2.24) is 0 Å². The summed E-state index contributed by atoms with van der Waals surface area (Å²) in [4.78, 5) is 0. The molecule has 0 radical (unpaired) electrons. The summed E-state index contributed by atoms with van der Waals surface area (Å²) in [5, 5.41) is 0. The van der Waals surface area contributed by atoms with Gasteiger partial charge in [0.25, 0.3) is 0 Å². The second-order valence-electron chi connectivity index (χ2n) is 5.36. The van der Waals surface area contributed by atoms with E-state index in [-0.39, 0.29) is 20.3 Å². The average molecular weight is 392 g/mol. The molecule has 0 unspecified atom stereocenters. The zero-order valence-corrected chi connectivity index (χ0v) is 13.5. The maximum absolute atomic E-state index is 13.3. The van der Waals surface area contributed by atoms with Crippen molar-refractivity contribution in [2.24, 2.45) is 0 Å². The van der Waals surface area contributed by atoms with Gasteiger partial charge in [-0.1, -0.05) is 13.3 Å². The van der Waals surface area contributed by atoms with Gasteiger partial charge in [-0.2, -0.15) is 26.3 Å². The fourth-order valence-electron chi connectivity index (χ4n) is 1.18. The Morgan fingerprint density at radius 3 is 1.84 bits per heavy atom. The quantitative estimate of drug-likeness (QED) is 0.192. The van der Waals surface area contributed by atoms with Crippen LogP contribution in [0, 0.1) is 0 Å². The molecule has 150 valence electrons. The number of alkyl halides is 7. The van der Waals surface area contributed by atoms with Gasteiger partial charge in [0.05, 0.1) is 6.61 Å². The molecule has 0 rings (SSSR count). The van der Waals surface area contributed by atoms with Crippen molar-refractivity contribution in [3.05, 3.63) is 11.8 Å². The summed E-state index contributed by atoms with van der Waals surface area (Å²) in [7, 11) is 0. The molecule has 25 heavy (non-hydrogen) atoms. The first-order valence-electron chi connectivity index (χ1n) is 6.92. The molecule has 0 bridgehead atoms. The van der Waals surface area contributed by atoms with Crippen molar-refractivity contribution in [3.8, 4) is 0 Å². The third-order valence-corrected chi connectivity index (χ3v) is 2.57. The van der Waals surface area contributed by atoms with E-state index in [0.717, 1.165) is 0 Å². The molecule has 0 N–H and O–H groups in total. The monoisotopic (exact) mass is 392 g/mol. The Morgan fingerprint density at radius 2 is 1.44 bits per heavy atom. The highest BCUT2D eigenvalue weighted by Gasteiger charge is 2.57. The molecule has 0 aromatic heterocycles. The number of hydrogen-bond acceptors (Lipinski definition) is 3. The topological polar surface area (TPSA) is 27.7 Å². The van der Waals surface area contributed by atoms with Gasteiger partial charge in [0.1, 0.15) is 6.42 Å². The van der Waals surface area contributed by atoms with Crippen LogP contribution in [-0.4, -0.2) is 30.8 Å². The van der Waals surface area contributed by atoms with Crippen LogP contribution in [0.5, 0.6) is 0 Å². The molecule has 0 aliphatic heterocycles. The van der Waals surface area contributed by atoms with Crippen LogP contribution in [0.3, 0.4) is 0 Å². The molecule has 0 heterocycles. The molecule has 0 aromatic rings. The molecule has 0 saturated carbocycles. The molecule has 3 nitrogen and oxygen atoms in total. The molecule has 0 aliphatic carbocycles. The molecular formula is C13H17F9O3. The summed E-state index contributed by atoms with van der Waals surface area (Å²) in [5.41, 5.74) is -3.63. The summed E-state index contributed by atoms with van der Waals surface area (Å²) >= 11 is 0. The number of ether oxygens (including phenoxy) is 3. The lowest BCUT2D eigenvalue weighted by Gasteiger charge is -2.30. The van der Waals surface area contributed by atoms with Crippen molar-refractivity contribution < 1.29 is 53.7 Å². The number of unbranched alkanes of at least 4 members (excludes halogenated alkanes) is 1. The zero-order chi connectivity index (χ0) is 20.1. The third kappa shape index (κ3) is 8.66. The van der Waals surface area contributed by atoms with Gasteiger partial charge in [0.15, 0.2) is 11.4 Å². The second-order valence-corrected chi connectivity index (χ2v) is 5.36. The zero-order valence-electron chi connectivity index (χ0n) is 13.5. The van der Waals surface area contributed by atoms with Crippen LogP contribution in [0.2, 0.25) is 0 Å². The molecule has 0 amide bonds. The van der Waals surface area contributed by atoms with Gasteiger partial charge in [-0.15, -0.1) is 8.78 Å². The molecule has 0 spiro atoms. The van der Waals surface area contributed by atoms with Crippen molar-refractivity contribution in [2.75, 3.05) is 6.61 Å². The van der Waals surface area contributed by atoms with Crippen LogP contribution in [0.15, 0.2) is 11.8 Å². The van der Waals surface area contributed by atoms with Crippen LogP contribution >= 0.6 is 0 Å². The summed E-state index contributed by atoms with van der Waals surface area (Å²) in [6.45, 7) is 1.39. The summed E-state index contributed by atoms with van der Waals surface area (Å²) in [6.07, 6.45) is -19.7. The summed E-state index contributed by atoms with van der Waals surface area (Å²) in [6, 6.07) is 0. The highest BCUT2D eigenvalue weighted by Crippen LogP contribution is 2.40. The van der Waals surface area contributed by atoms with Crippen molar-refractivity contribution in [2.45, 2.75) is 64.2 Å². The Hall–Kier alpha value is -1.17. The molecule has 0 fully saturated rings. The van der Waals surface area contributed by atoms with E-state index in [0.29, 0.717) is 6.42 Å². The lowest BCUT2D eigenvalue weighted by Crippen LogP contribution is -2.47. The minimum atomic E-state index is -5.51. The van der Waals surface area contributed by atoms with E-state index in [4.69, 9.17) is 0 Å². The van der Waals surface area contributed by atoms with Crippen molar-refractivity contribution in [1.29, 1.82) is 0 Å². The molecule has 0 saturated heterocycles. The van der Waals surface area contributed by atoms with E-state index in [2.05, 4.69) is 14.2 Å². The molecule has 0 aromatic carbocycles. The summed E-state index contributed by atoms with van der Waals surface area (Å²) in [5.74, 6) is -2.33. The maximum Gasteiger partial charge on any atom is 0.539 e. The molecule has 0 atom stereocenters. The third-order valence-electron chi connectivity index (χ3n) is 2.57. The van der Waals surface area contributed by atoms with E-state index in [1.54, 1.807) is 6.92 Å². The Balaban J connectivity index is 5.12. The highest BCUT2D eigenvalue weighted by atomic mass is 19.3. The van der Waals surface area contributed by atoms with Gasteiger partial charge >= 0.3 is 24.6 Å². The maximum atomic E-state index is 13.3. The largest absolute Gasteiger partial charge is 0.539 e. The number of hydrogen-bond donors (Lipinski definition) is 0. The average Bonchev–Trinajstić information content (AvgIpc) is 2.34. The normalized spacial score (nSPS) is 13.8. The van der Waals surface area contributed by atoms with Gasteiger partial charge in [0, 0.05) is 0 Å². The van der Waals surface area contributed by atoms with E-state index < -0.39 is 49.0 Å². The van der Waals surface area contributed by atoms with E-state index >= 15 is 0 Å². The van der Waals surface area contributed by atoms with Crippen molar-refractivity contribution in [3.63, 3.8) is 0 Å². The van der Waals surface area contributed by atoms with E-state index in [9.17, 15) is 39.5 Å². The Labute approximate surface area is 137 Å². The smallest absolute Gasteiger partial charge is 0.408 e. The molecular weight excluding hydrogens is 375 g/mol. The predicted octanol–water partition coefficient (Wildman–Crippen LogP) is 5.82. The fraction of sp³-hybridized carbons (Fsp3) is 0.846. The Bertz CT molecular complexity index is 454.